The molecule has 0 fully saturated rings. The van der Waals surface area contributed by atoms with E-state index in [0.717, 1.165) is 0 Å². The molecular weight excluding hydrogens is 104 g/mol. The first kappa shape index (κ1) is 7.66. The molecule has 0 saturated carbocycles. The van der Waals surface area contributed by atoms with Gasteiger partial charge in [0.25, 0.3) is 0 Å². The van der Waals surface area contributed by atoms with Gasteiger partial charge in [-0.15, -0.1) is 0 Å². The van der Waals surface area contributed by atoms with Crippen molar-refractivity contribution in [3.05, 3.63) is 12.2 Å². The summed E-state index contributed by atoms with van der Waals surface area (Å²) < 4.78 is 0. The summed E-state index contributed by atoms with van der Waals surface area (Å²) in [6.45, 7) is 1.77. The van der Waals surface area contributed by atoms with E-state index in [1.54, 1.807) is 19.1 Å². The summed E-state index contributed by atoms with van der Waals surface area (Å²) in [5, 5.41) is 16.9. The monoisotopic (exact) mass is 116 g/mol. The number of aliphatic hydroxyl groups is 2. The van der Waals surface area contributed by atoms with Gasteiger partial charge in [-0.25, -0.2) is 0 Å². The first-order valence-electron chi connectivity index (χ1n) is 2.71. The molecule has 0 aliphatic rings. The Hall–Kier alpha value is -0.340. The zero-order valence-electron chi connectivity index (χ0n) is 5.04. The molecule has 2 nitrogen and oxygen atoms in total. The lowest BCUT2D eigenvalue weighted by Gasteiger charge is -1.94. The third-order valence-electron chi connectivity index (χ3n) is 0.749. The van der Waals surface area contributed by atoms with E-state index >= 15 is 0 Å². The quantitative estimate of drug-likeness (QED) is 0.521. The first-order valence-corrected chi connectivity index (χ1v) is 2.71. The van der Waals surface area contributed by atoms with Crippen molar-refractivity contribution in [1.82, 2.24) is 0 Å². The molecule has 0 aliphatic carbocycles. The summed E-state index contributed by atoms with van der Waals surface area (Å²) in [7, 11) is 0. The summed E-state index contributed by atoms with van der Waals surface area (Å²) in [5.74, 6) is 0. The van der Waals surface area contributed by atoms with Crippen LogP contribution < -0.4 is 0 Å². The standard InChI is InChI=1S/C6H12O2/c1-6(8)4-2-3-5-7/h2-3,6-8H,4-5H2,1H3/b3-2-/t6-/m0/s1. The molecule has 0 unspecified atom stereocenters. The van der Waals surface area contributed by atoms with E-state index in [0.29, 0.717) is 6.42 Å². The van der Waals surface area contributed by atoms with Gasteiger partial charge in [-0.1, -0.05) is 12.2 Å². The van der Waals surface area contributed by atoms with Gasteiger partial charge < -0.3 is 10.2 Å². The minimum absolute atomic E-state index is 0.0622. The van der Waals surface area contributed by atoms with Crippen LogP contribution in [0.4, 0.5) is 0 Å². The molecule has 2 N–H and O–H groups in total. The van der Waals surface area contributed by atoms with Crippen molar-refractivity contribution >= 4 is 0 Å². The van der Waals surface area contributed by atoms with Crippen LogP contribution in [-0.4, -0.2) is 22.9 Å². The fourth-order valence-electron chi connectivity index (χ4n) is 0.368. The molecule has 0 aromatic carbocycles. The molecule has 0 bridgehead atoms. The van der Waals surface area contributed by atoms with Crippen molar-refractivity contribution in [2.75, 3.05) is 6.61 Å². The van der Waals surface area contributed by atoms with Crippen LogP contribution in [-0.2, 0) is 0 Å². The Balaban J connectivity index is 3.03. The molecule has 0 aromatic rings. The molecule has 0 amide bonds. The molecule has 2 heteroatoms. The second-order valence-electron chi connectivity index (χ2n) is 1.74. The fraction of sp³-hybridized carbons (Fsp3) is 0.667. The number of rotatable bonds is 3. The van der Waals surface area contributed by atoms with Crippen LogP contribution in [0.3, 0.4) is 0 Å². The van der Waals surface area contributed by atoms with Crippen molar-refractivity contribution in [2.45, 2.75) is 19.4 Å². The SMILES string of the molecule is C[C@H](O)C/C=C\CO. The van der Waals surface area contributed by atoms with E-state index in [4.69, 9.17) is 10.2 Å². The maximum absolute atomic E-state index is 8.65. The van der Waals surface area contributed by atoms with Gasteiger partial charge in [0.05, 0.1) is 12.7 Å². The lowest BCUT2D eigenvalue weighted by molar-refractivity contribution is 0.198. The summed E-state index contributed by atoms with van der Waals surface area (Å²) in [6.07, 6.45) is 3.70. The molecule has 8 heavy (non-hydrogen) atoms. The molecule has 0 radical (unpaired) electrons. The molecule has 1 atom stereocenters. The van der Waals surface area contributed by atoms with Crippen molar-refractivity contribution in [3.8, 4) is 0 Å². The van der Waals surface area contributed by atoms with Crippen LogP contribution in [0.2, 0.25) is 0 Å². The Morgan fingerprint density at radius 1 is 1.50 bits per heavy atom. The lowest BCUT2D eigenvalue weighted by atomic mass is 10.3. The number of aliphatic hydroxyl groups excluding tert-OH is 2. The normalized spacial score (nSPS) is 14.9. The third-order valence-corrected chi connectivity index (χ3v) is 0.749. The Morgan fingerprint density at radius 3 is 2.50 bits per heavy atom. The van der Waals surface area contributed by atoms with Gasteiger partial charge >= 0.3 is 0 Å². The Morgan fingerprint density at radius 2 is 2.12 bits per heavy atom. The fourth-order valence-corrected chi connectivity index (χ4v) is 0.368. The van der Waals surface area contributed by atoms with Crippen LogP contribution in [0.15, 0.2) is 12.2 Å². The predicted molar refractivity (Wildman–Crippen MR) is 32.5 cm³/mol. The van der Waals surface area contributed by atoms with Crippen molar-refractivity contribution in [1.29, 1.82) is 0 Å². The van der Waals surface area contributed by atoms with Gasteiger partial charge in [0, 0.05) is 0 Å². The lowest BCUT2D eigenvalue weighted by Crippen LogP contribution is -1.95. The highest BCUT2D eigenvalue weighted by molar-refractivity contribution is 4.81. The highest BCUT2D eigenvalue weighted by Gasteiger charge is 1.86. The van der Waals surface area contributed by atoms with Crippen LogP contribution in [0, 0.1) is 0 Å². The highest BCUT2D eigenvalue weighted by atomic mass is 16.3. The average Bonchev–Trinajstić information content (AvgIpc) is 1.66. The second-order valence-corrected chi connectivity index (χ2v) is 1.74. The van der Waals surface area contributed by atoms with Gasteiger partial charge in [0.2, 0.25) is 0 Å². The van der Waals surface area contributed by atoms with Crippen LogP contribution in [0.1, 0.15) is 13.3 Å². The Bertz CT molecular complexity index is 66.9. The summed E-state index contributed by atoms with van der Waals surface area (Å²) in [4.78, 5) is 0. The van der Waals surface area contributed by atoms with E-state index in [1.807, 2.05) is 0 Å². The van der Waals surface area contributed by atoms with E-state index in [9.17, 15) is 0 Å². The van der Waals surface area contributed by atoms with Crippen LogP contribution in [0.25, 0.3) is 0 Å². The van der Waals surface area contributed by atoms with Crippen LogP contribution in [0.5, 0.6) is 0 Å². The Labute approximate surface area is 49.5 Å². The zero-order valence-corrected chi connectivity index (χ0v) is 5.04. The maximum Gasteiger partial charge on any atom is 0.0612 e. The van der Waals surface area contributed by atoms with E-state index in [2.05, 4.69) is 0 Å². The average molecular weight is 116 g/mol. The van der Waals surface area contributed by atoms with Crippen molar-refractivity contribution in [2.24, 2.45) is 0 Å². The summed E-state index contributed by atoms with van der Waals surface area (Å²) in [5.41, 5.74) is 0. The van der Waals surface area contributed by atoms with Crippen LogP contribution >= 0.6 is 0 Å². The van der Waals surface area contributed by atoms with Crippen molar-refractivity contribution in [3.63, 3.8) is 0 Å². The number of hydrogen-bond acceptors (Lipinski definition) is 2. The van der Waals surface area contributed by atoms with Gasteiger partial charge in [-0.3, -0.25) is 0 Å². The van der Waals surface area contributed by atoms with Gasteiger partial charge in [0.15, 0.2) is 0 Å². The molecule has 0 aromatic heterocycles. The van der Waals surface area contributed by atoms with Gasteiger partial charge in [0.1, 0.15) is 0 Å². The summed E-state index contributed by atoms with van der Waals surface area (Å²) in [6, 6.07) is 0. The van der Waals surface area contributed by atoms with E-state index < -0.39 is 0 Å². The molecule has 0 spiro atoms. The minimum Gasteiger partial charge on any atom is -0.393 e. The molecule has 0 heterocycles. The highest BCUT2D eigenvalue weighted by Crippen LogP contribution is 1.88. The molecule has 0 aliphatic heterocycles. The molecular formula is C6H12O2. The predicted octanol–water partition coefficient (Wildman–Crippen LogP) is 0.306. The molecule has 0 rings (SSSR count). The number of hydrogen-bond donors (Lipinski definition) is 2. The third kappa shape index (κ3) is 5.66. The summed E-state index contributed by atoms with van der Waals surface area (Å²) >= 11 is 0. The van der Waals surface area contributed by atoms with Crippen molar-refractivity contribution < 1.29 is 10.2 Å². The van der Waals surface area contributed by atoms with Gasteiger partial charge in [-0.2, -0.15) is 0 Å². The minimum atomic E-state index is -0.294. The first-order chi connectivity index (χ1) is 3.77. The molecule has 0 saturated heterocycles. The maximum atomic E-state index is 8.65. The smallest absolute Gasteiger partial charge is 0.0612 e. The van der Waals surface area contributed by atoms with E-state index in [1.165, 1.54) is 0 Å². The zero-order chi connectivity index (χ0) is 6.41. The second kappa shape index (κ2) is 4.81. The van der Waals surface area contributed by atoms with Gasteiger partial charge in [-0.05, 0) is 13.3 Å². The largest absolute Gasteiger partial charge is 0.393 e. The van der Waals surface area contributed by atoms with E-state index in [-0.39, 0.29) is 12.7 Å². The molecule has 48 valence electrons. The Kier molecular flexibility index (Phi) is 4.61. The topological polar surface area (TPSA) is 40.5 Å².